The first-order valence-electron chi connectivity index (χ1n) is 3.80. The zero-order valence-electron chi connectivity index (χ0n) is 7.03. The molecule has 1 aromatic carbocycles. The van der Waals surface area contributed by atoms with E-state index in [2.05, 4.69) is 10.1 Å². The molecule has 13 heavy (non-hydrogen) atoms. The second-order valence-corrected chi connectivity index (χ2v) is 3.43. The molecule has 0 saturated carbocycles. The number of carbonyl (C=O) groups excluding carboxylic acids is 1. The molecule has 0 fully saturated rings. The van der Waals surface area contributed by atoms with E-state index in [1.165, 1.54) is 18.4 Å². The van der Waals surface area contributed by atoms with Crippen LogP contribution in [0.4, 0.5) is 0 Å². The second kappa shape index (κ2) is 3.18. The molecule has 0 amide bonds. The number of rotatable bonds is 1. The van der Waals surface area contributed by atoms with Crippen molar-refractivity contribution in [1.82, 2.24) is 0 Å². The maximum absolute atomic E-state index is 11.3. The second-order valence-electron chi connectivity index (χ2n) is 2.58. The summed E-state index contributed by atoms with van der Waals surface area (Å²) in [5.41, 5.74) is 0.617. The lowest BCUT2D eigenvalue weighted by Gasteiger charge is -1.99. The number of benzene rings is 1. The van der Waals surface area contributed by atoms with Gasteiger partial charge in [-0.2, -0.15) is 0 Å². The molecule has 1 aromatic heterocycles. The Morgan fingerprint density at radius 1 is 1.54 bits per heavy atom. The molecule has 2 aromatic rings. The zero-order chi connectivity index (χ0) is 9.26. The van der Waals surface area contributed by atoms with E-state index in [1.807, 2.05) is 18.2 Å². The molecular formula is C10H7O2S. The minimum absolute atomic E-state index is 0.290. The van der Waals surface area contributed by atoms with Crippen molar-refractivity contribution in [2.75, 3.05) is 7.11 Å². The van der Waals surface area contributed by atoms with Gasteiger partial charge >= 0.3 is 5.97 Å². The molecule has 1 heterocycles. The minimum Gasteiger partial charge on any atom is -0.465 e. The van der Waals surface area contributed by atoms with Gasteiger partial charge in [0.25, 0.3) is 0 Å². The summed E-state index contributed by atoms with van der Waals surface area (Å²) in [5.74, 6) is -0.290. The van der Waals surface area contributed by atoms with Gasteiger partial charge in [-0.05, 0) is 17.5 Å². The van der Waals surface area contributed by atoms with Gasteiger partial charge in [0.15, 0.2) is 0 Å². The molecule has 0 bridgehead atoms. The van der Waals surface area contributed by atoms with E-state index in [-0.39, 0.29) is 5.97 Å². The molecule has 2 rings (SSSR count). The molecule has 0 aliphatic carbocycles. The summed E-state index contributed by atoms with van der Waals surface area (Å²) in [6, 6.07) is 7.43. The van der Waals surface area contributed by atoms with Gasteiger partial charge in [-0.1, -0.05) is 12.1 Å². The van der Waals surface area contributed by atoms with Gasteiger partial charge in [0, 0.05) is 10.1 Å². The lowest BCUT2D eigenvalue weighted by Crippen LogP contribution is -2.00. The summed E-state index contributed by atoms with van der Waals surface area (Å²) < 4.78 is 5.61. The van der Waals surface area contributed by atoms with Crippen LogP contribution in [0, 0.1) is 5.38 Å². The molecule has 0 aliphatic heterocycles. The maximum Gasteiger partial charge on any atom is 0.339 e. The molecule has 65 valence electrons. The van der Waals surface area contributed by atoms with Crippen molar-refractivity contribution in [2.24, 2.45) is 0 Å². The van der Waals surface area contributed by atoms with Crippen LogP contribution in [0.3, 0.4) is 0 Å². The number of hydrogen-bond donors (Lipinski definition) is 0. The molecule has 2 nitrogen and oxygen atoms in total. The van der Waals surface area contributed by atoms with Crippen molar-refractivity contribution in [1.29, 1.82) is 0 Å². The zero-order valence-corrected chi connectivity index (χ0v) is 7.85. The third-order valence-electron chi connectivity index (χ3n) is 1.83. The number of hydrogen-bond acceptors (Lipinski definition) is 3. The van der Waals surface area contributed by atoms with Gasteiger partial charge in [0.05, 0.1) is 12.7 Å². The number of methoxy groups -OCH3 is 1. The van der Waals surface area contributed by atoms with Crippen molar-refractivity contribution in [3.05, 3.63) is 35.2 Å². The molecule has 0 aliphatic rings. The standard InChI is InChI=1S/C10H7O2S/c1-12-10(11)8-4-2-3-7-5-6-13-9(7)8/h2-5H,1H3. The van der Waals surface area contributed by atoms with Crippen LogP contribution in [-0.2, 0) is 4.74 Å². The Balaban J connectivity index is 2.67. The molecule has 3 heteroatoms. The lowest BCUT2D eigenvalue weighted by atomic mass is 10.2. The first-order chi connectivity index (χ1) is 6.33. The monoisotopic (exact) mass is 191 g/mol. The van der Waals surface area contributed by atoms with Gasteiger partial charge < -0.3 is 4.74 Å². The van der Waals surface area contributed by atoms with Crippen LogP contribution in [0.25, 0.3) is 10.1 Å². The minimum atomic E-state index is -0.290. The Kier molecular flexibility index (Phi) is 2.02. The lowest BCUT2D eigenvalue weighted by molar-refractivity contribution is 0.0603. The number of fused-ring (bicyclic) bond motifs is 1. The molecule has 0 spiro atoms. The Labute approximate surface area is 79.8 Å². The van der Waals surface area contributed by atoms with Crippen molar-refractivity contribution in [2.45, 2.75) is 0 Å². The third-order valence-corrected chi connectivity index (χ3v) is 2.72. The van der Waals surface area contributed by atoms with Crippen LogP contribution in [0.15, 0.2) is 24.3 Å². The molecule has 0 N–H and O–H groups in total. The molecule has 1 radical (unpaired) electrons. The van der Waals surface area contributed by atoms with Gasteiger partial charge in [-0.3, -0.25) is 0 Å². The van der Waals surface area contributed by atoms with Gasteiger partial charge in [-0.25, -0.2) is 4.79 Å². The Bertz CT molecular complexity index is 445. The average Bonchev–Trinajstić information content (AvgIpc) is 2.63. The normalized spacial score (nSPS) is 10.2. The largest absolute Gasteiger partial charge is 0.465 e. The summed E-state index contributed by atoms with van der Waals surface area (Å²) in [4.78, 5) is 11.3. The van der Waals surface area contributed by atoms with E-state index >= 15 is 0 Å². The fraction of sp³-hybridized carbons (Fsp3) is 0.100. The number of ether oxygens (including phenoxy) is 1. The van der Waals surface area contributed by atoms with Gasteiger partial charge in [0.2, 0.25) is 0 Å². The first kappa shape index (κ1) is 8.26. The Hall–Kier alpha value is -1.35. The highest BCUT2D eigenvalue weighted by atomic mass is 32.1. The van der Waals surface area contributed by atoms with E-state index < -0.39 is 0 Å². The SMILES string of the molecule is COC(=O)c1cccc2c[c]sc12. The van der Waals surface area contributed by atoms with Crippen LogP contribution in [-0.4, -0.2) is 13.1 Å². The fourth-order valence-corrected chi connectivity index (χ4v) is 2.01. The van der Waals surface area contributed by atoms with Crippen molar-refractivity contribution >= 4 is 27.4 Å². The van der Waals surface area contributed by atoms with Crippen molar-refractivity contribution in [3.63, 3.8) is 0 Å². The number of esters is 1. The highest BCUT2D eigenvalue weighted by Crippen LogP contribution is 2.24. The summed E-state index contributed by atoms with van der Waals surface area (Å²) in [6.45, 7) is 0. The summed E-state index contributed by atoms with van der Waals surface area (Å²) in [6.07, 6.45) is 0. The number of thiophene rings is 1. The average molecular weight is 191 g/mol. The first-order valence-corrected chi connectivity index (χ1v) is 4.61. The quantitative estimate of drug-likeness (QED) is 0.647. The predicted octanol–water partition coefficient (Wildman–Crippen LogP) is 2.49. The maximum atomic E-state index is 11.3. The smallest absolute Gasteiger partial charge is 0.339 e. The van der Waals surface area contributed by atoms with Crippen LogP contribution in [0.1, 0.15) is 10.4 Å². The predicted molar refractivity (Wildman–Crippen MR) is 52.0 cm³/mol. The van der Waals surface area contributed by atoms with E-state index in [9.17, 15) is 4.79 Å². The van der Waals surface area contributed by atoms with Crippen LogP contribution in [0.2, 0.25) is 0 Å². The van der Waals surface area contributed by atoms with Crippen molar-refractivity contribution < 1.29 is 9.53 Å². The van der Waals surface area contributed by atoms with Crippen LogP contribution in [0.5, 0.6) is 0 Å². The molecule has 0 saturated heterocycles. The highest BCUT2D eigenvalue weighted by Gasteiger charge is 2.09. The summed E-state index contributed by atoms with van der Waals surface area (Å²) >= 11 is 1.43. The van der Waals surface area contributed by atoms with E-state index in [4.69, 9.17) is 0 Å². The topological polar surface area (TPSA) is 26.3 Å². The van der Waals surface area contributed by atoms with Gasteiger partial charge in [0.1, 0.15) is 0 Å². The molecule has 0 atom stereocenters. The van der Waals surface area contributed by atoms with Crippen LogP contribution < -0.4 is 0 Å². The Morgan fingerprint density at radius 3 is 3.15 bits per heavy atom. The summed E-state index contributed by atoms with van der Waals surface area (Å²) in [5, 5.41) is 4.03. The highest BCUT2D eigenvalue weighted by molar-refractivity contribution is 7.17. The third kappa shape index (κ3) is 1.31. The molecular weight excluding hydrogens is 184 g/mol. The van der Waals surface area contributed by atoms with Crippen molar-refractivity contribution in [3.8, 4) is 0 Å². The van der Waals surface area contributed by atoms with E-state index in [0.29, 0.717) is 5.56 Å². The summed E-state index contributed by atoms with van der Waals surface area (Å²) in [7, 11) is 1.39. The van der Waals surface area contributed by atoms with Crippen LogP contribution >= 0.6 is 11.3 Å². The number of carbonyl (C=O) groups is 1. The van der Waals surface area contributed by atoms with Gasteiger partial charge in [-0.15, -0.1) is 11.3 Å². The Morgan fingerprint density at radius 2 is 2.38 bits per heavy atom. The fourth-order valence-electron chi connectivity index (χ4n) is 1.21. The van der Waals surface area contributed by atoms with E-state index in [1.54, 1.807) is 6.07 Å². The molecule has 0 unspecified atom stereocenters. The van der Waals surface area contributed by atoms with E-state index in [0.717, 1.165) is 10.1 Å².